The molecule has 29 heavy (non-hydrogen) atoms. The van der Waals surface area contributed by atoms with Gasteiger partial charge in [0.15, 0.2) is 17.3 Å². The quantitative estimate of drug-likeness (QED) is 0.525. The number of carbonyl (C=O) groups excluding carboxylic acids is 2. The highest BCUT2D eigenvalue weighted by Crippen LogP contribution is 2.37. The number of phenolic OH excluding ortho intramolecular Hbond substituents is 3. The molecule has 0 aromatic heterocycles. The zero-order valence-electron chi connectivity index (χ0n) is 16.1. The smallest absolute Gasteiger partial charge is 0.257 e. The van der Waals surface area contributed by atoms with Crippen molar-refractivity contribution in [3.8, 4) is 17.2 Å². The maximum Gasteiger partial charge on any atom is 0.257 e. The molecule has 8 heteroatoms. The molecule has 1 amide bonds. The molecule has 2 aromatic carbocycles. The van der Waals surface area contributed by atoms with E-state index < -0.39 is 29.0 Å². The van der Waals surface area contributed by atoms with Crippen molar-refractivity contribution in [3.63, 3.8) is 0 Å². The first-order valence-electron chi connectivity index (χ1n) is 9.44. The number of hydrogen-bond donors (Lipinski definition) is 3. The number of phenols is 3. The summed E-state index contributed by atoms with van der Waals surface area (Å²) in [6.45, 7) is 3.21. The van der Waals surface area contributed by atoms with E-state index in [0.717, 1.165) is 6.07 Å². The number of carbonyl (C=O) groups is 2. The Hall–Kier alpha value is -3.29. The molecule has 0 unspecified atom stereocenters. The van der Waals surface area contributed by atoms with Crippen molar-refractivity contribution in [2.24, 2.45) is 0 Å². The van der Waals surface area contributed by atoms with E-state index in [1.165, 1.54) is 17.0 Å². The average molecular weight is 402 g/mol. The number of hydrogen-bond acceptors (Lipinski definition) is 6. The minimum Gasteiger partial charge on any atom is -0.504 e. The molecule has 7 nitrogen and oxygen atoms in total. The van der Waals surface area contributed by atoms with Crippen LogP contribution in [0.2, 0.25) is 0 Å². The molecule has 0 aliphatic carbocycles. The van der Waals surface area contributed by atoms with Gasteiger partial charge in [-0.25, -0.2) is 4.39 Å². The number of ketones is 1. The Morgan fingerprint density at radius 3 is 2.31 bits per heavy atom. The second kappa shape index (κ2) is 8.38. The van der Waals surface area contributed by atoms with Crippen LogP contribution in [-0.2, 0) is 0 Å². The van der Waals surface area contributed by atoms with Crippen LogP contribution in [0.3, 0.4) is 0 Å². The highest BCUT2D eigenvalue weighted by atomic mass is 19.1. The predicted octanol–water partition coefficient (Wildman–Crippen LogP) is 2.89. The largest absolute Gasteiger partial charge is 0.504 e. The van der Waals surface area contributed by atoms with Crippen molar-refractivity contribution in [1.82, 2.24) is 4.90 Å². The van der Waals surface area contributed by atoms with E-state index in [9.17, 15) is 29.3 Å². The molecule has 0 saturated carbocycles. The fourth-order valence-corrected chi connectivity index (χ4v) is 3.37. The van der Waals surface area contributed by atoms with E-state index in [0.29, 0.717) is 37.2 Å². The van der Waals surface area contributed by atoms with Crippen LogP contribution in [0.1, 0.15) is 40.5 Å². The summed E-state index contributed by atoms with van der Waals surface area (Å²) < 4.78 is 14.5. The maximum absolute atomic E-state index is 14.5. The molecule has 1 aliphatic rings. The van der Waals surface area contributed by atoms with Gasteiger partial charge in [0.1, 0.15) is 5.82 Å². The average Bonchev–Trinajstić information content (AvgIpc) is 2.72. The van der Waals surface area contributed by atoms with Crippen molar-refractivity contribution >= 4 is 17.4 Å². The highest BCUT2D eigenvalue weighted by Gasteiger charge is 2.27. The minimum absolute atomic E-state index is 0.0923. The zero-order chi connectivity index (χ0) is 21.1. The van der Waals surface area contributed by atoms with E-state index in [4.69, 9.17) is 0 Å². The maximum atomic E-state index is 14.5. The van der Waals surface area contributed by atoms with E-state index in [-0.39, 0.29) is 24.4 Å². The highest BCUT2D eigenvalue weighted by molar-refractivity contribution is 5.98. The number of nitrogens with zero attached hydrogens (tertiary/aromatic N) is 2. The van der Waals surface area contributed by atoms with Crippen LogP contribution in [0.4, 0.5) is 10.1 Å². The Balaban J connectivity index is 1.68. The van der Waals surface area contributed by atoms with Crippen LogP contribution in [0.5, 0.6) is 17.2 Å². The molecule has 0 atom stereocenters. The van der Waals surface area contributed by atoms with Gasteiger partial charge in [0.2, 0.25) is 5.75 Å². The number of aromatic hydroxyl groups is 3. The SMILES string of the molecule is CCCC(=O)c1ccc(N2CCN(C(=O)c3ccc(O)c(O)c3O)CC2)c(F)c1. The number of Topliss-reactive ketones (excluding diaryl/α,β-unsaturated/α-hetero) is 1. The number of halogens is 1. The molecule has 3 N–H and O–H groups in total. The van der Waals surface area contributed by atoms with Crippen LogP contribution >= 0.6 is 0 Å². The van der Waals surface area contributed by atoms with Crippen LogP contribution in [0.15, 0.2) is 30.3 Å². The molecular weight excluding hydrogens is 379 g/mol. The fraction of sp³-hybridized carbons (Fsp3) is 0.333. The zero-order valence-corrected chi connectivity index (χ0v) is 16.1. The summed E-state index contributed by atoms with van der Waals surface area (Å²) in [4.78, 5) is 27.8. The van der Waals surface area contributed by atoms with Gasteiger partial charge in [0.05, 0.1) is 11.3 Å². The third-order valence-corrected chi connectivity index (χ3v) is 5.01. The summed E-state index contributed by atoms with van der Waals surface area (Å²) in [7, 11) is 0. The normalized spacial score (nSPS) is 14.1. The lowest BCUT2D eigenvalue weighted by molar-refractivity contribution is 0.0742. The lowest BCUT2D eigenvalue weighted by Crippen LogP contribution is -2.49. The van der Waals surface area contributed by atoms with E-state index in [2.05, 4.69) is 0 Å². The second-order valence-corrected chi connectivity index (χ2v) is 6.95. The first kappa shape index (κ1) is 20.4. The summed E-state index contributed by atoms with van der Waals surface area (Å²) >= 11 is 0. The molecule has 2 aromatic rings. The van der Waals surface area contributed by atoms with Gasteiger partial charge in [-0.2, -0.15) is 0 Å². The Morgan fingerprint density at radius 2 is 1.69 bits per heavy atom. The molecule has 0 radical (unpaired) electrons. The van der Waals surface area contributed by atoms with E-state index >= 15 is 0 Å². The first-order valence-corrected chi connectivity index (χ1v) is 9.44. The van der Waals surface area contributed by atoms with E-state index in [1.807, 2.05) is 6.92 Å². The van der Waals surface area contributed by atoms with Crippen molar-refractivity contribution < 1.29 is 29.3 Å². The monoisotopic (exact) mass is 402 g/mol. The standard InChI is InChI=1S/C21H23FN2O5/c1-2-3-17(25)13-4-6-16(15(22)12-13)23-8-10-24(11-9-23)21(29)14-5-7-18(26)20(28)19(14)27/h4-7,12,26-28H,2-3,8-11H2,1H3. The summed E-state index contributed by atoms with van der Waals surface area (Å²) in [5.74, 6) is -2.98. The Morgan fingerprint density at radius 1 is 1.00 bits per heavy atom. The summed E-state index contributed by atoms with van der Waals surface area (Å²) in [6, 6.07) is 6.83. The topological polar surface area (TPSA) is 101 Å². The second-order valence-electron chi connectivity index (χ2n) is 6.95. The van der Waals surface area contributed by atoms with Crippen molar-refractivity contribution in [2.75, 3.05) is 31.1 Å². The Bertz CT molecular complexity index is 939. The van der Waals surface area contributed by atoms with Crippen LogP contribution < -0.4 is 4.90 Å². The van der Waals surface area contributed by atoms with Gasteiger partial charge in [-0.05, 0) is 36.8 Å². The van der Waals surface area contributed by atoms with Crippen molar-refractivity contribution in [3.05, 3.63) is 47.3 Å². The summed E-state index contributed by atoms with van der Waals surface area (Å²) in [5, 5.41) is 28.9. The third-order valence-electron chi connectivity index (χ3n) is 5.01. The molecule has 154 valence electrons. The number of benzene rings is 2. The number of piperazine rings is 1. The molecule has 1 saturated heterocycles. The van der Waals surface area contributed by atoms with Gasteiger partial charge in [0, 0.05) is 38.2 Å². The van der Waals surface area contributed by atoms with Crippen LogP contribution in [0.25, 0.3) is 0 Å². The van der Waals surface area contributed by atoms with Gasteiger partial charge >= 0.3 is 0 Å². The van der Waals surface area contributed by atoms with Gasteiger partial charge in [0.25, 0.3) is 5.91 Å². The van der Waals surface area contributed by atoms with Crippen LogP contribution in [-0.4, -0.2) is 58.1 Å². The number of anilines is 1. The predicted molar refractivity (Wildman–Crippen MR) is 105 cm³/mol. The Labute approximate surface area is 167 Å². The summed E-state index contributed by atoms with van der Waals surface area (Å²) in [6.07, 6.45) is 1.08. The fourth-order valence-electron chi connectivity index (χ4n) is 3.37. The van der Waals surface area contributed by atoms with Gasteiger partial charge in [-0.3, -0.25) is 9.59 Å². The minimum atomic E-state index is -0.741. The van der Waals surface area contributed by atoms with Gasteiger partial charge in [-0.15, -0.1) is 0 Å². The van der Waals surface area contributed by atoms with Gasteiger partial charge < -0.3 is 25.1 Å². The van der Waals surface area contributed by atoms with Crippen LogP contribution in [0, 0.1) is 5.82 Å². The molecule has 1 aliphatic heterocycles. The van der Waals surface area contributed by atoms with Gasteiger partial charge in [-0.1, -0.05) is 6.92 Å². The number of rotatable bonds is 5. The van der Waals surface area contributed by atoms with E-state index in [1.54, 1.807) is 17.0 Å². The van der Waals surface area contributed by atoms with Crippen molar-refractivity contribution in [1.29, 1.82) is 0 Å². The Kier molecular flexibility index (Phi) is 5.91. The molecular formula is C21H23FN2O5. The molecule has 1 fully saturated rings. The molecule has 3 rings (SSSR count). The number of amides is 1. The summed E-state index contributed by atoms with van der Waals surface area (Å²) in [5.41, 5.74) is 0.610. The molecule has 1 heterocycles. The van der Waals surface area contributed by atoms with Crippen molar-refractivity contribution in [2.45, 2.75) is 19.8 Å². The molecule has 0 spiro atoms. The lowest BCUT2D eigenvalue weighted by atomic mass is 10.1. The third kappa shape index (κ3) is 4.11. The first-order chi connectivity index (χ1) is 13.8. The molecule has 0 bridgehead atoms. The lowest BCUT2D eigenvalue weighted by Gasteiger charge is -2.36.